The fraction of sp³-hybridized carbons (Fsp3) is 0.346. The zero-order valence-corrected chi connectivity index (χ0v) is 18.9. The molecule has 0 aromatic heterocycles. The van der Waals surface area contributed by atoms with Gasteiger partial charge in [-0.1, -0.05) is 58.4 Å². The van der Waals surface area contributed by atoms with Gasteiger partial charge in [0, 0.05) is 16.6 Å². The van der Waals surface area contributed by atoms with Gasteiger partial charge in [-0.3, -0.25) is 19.3 Å². The molecule has 1 N–H and O–H groups in total. The van der Waals surface area contributed by atoms with Crippen LogP contribution in [0.15, 0.2) is 71.2 Å². The van der Waals surface area contributed by atoms with Crippen LogP contribution in [0.5, 0.6) is 0 Å². The lowest BCUT2D eigenvalue weighted by Gasteiger charge is -2.37. The van der Waals surface area contributed by atoms with Crippen molar-refractivity contribution in [1.82, 2.24) is 4.90 Å². The Kier molecular flexibility index (Phi) is 4.61. The van der Waals surface area contributed by atoms with Gasteiger partial charge in [-0.25, -0.2) is 0 Å². The number of rotatable bonds is 5. The zero-order chi connectivity index (χ0) is 22.0. The van der Waals surface area contributed by atoms with E-state index in [4.69, 9.17) is 0 Å². The molecule has 162 valence electrons. The number of likely N-dealkylation sites (tertiary alicyclic amines) is 1. The minimum atomic E-state index is -0.873. The normalized spacial score (nSPS) is 32.5. The van der Waals surface area contributed by atoms with Crippen molar-refractivity contribution >= 4 is 39.3 Å². The van der Waals surface area contributed by atoms with Crippen molar-refractivity contribution in [1.29, 1.82) is 0 Å². The van der Waals surface area contributed by atoms with Crippen LogP contribution in [-0.4, -0.2) is 28.7 Å². The summed E-state index contributed by atoms with van der Waals surface area (Å²) in [6.45, 7) is 0. The molecule has 0 radical (unpaired) electrons. The minimum Gasteiger partial charge on any atom is -0.324 e. The second kappa shape index (κ2) is 7.41. The summed E-state index contributed by atoms with van der Waals surface area (Å²) in [4.78, 5) is 42.0. The number of amides is 3. The molecule has 3 amide bonds. The molecule has 2 aromatic carbocycles. The molecule has 1 saturated heterocycles. The number of allylic oxidation sites excluding steroid dienone is 2. The van der Waals surface area contributed by atoms with E-state index in [2.05, 4.69) is 33.4 Å². The molecular weight excluding hydrogens is 468 g/mol. The van der Waals surface area contributed by atoms with Gasteiger partial charge in [-0.2, -0.15) is 0 Å². The maximum Gasteiger partial charge on any atom is 0.248 e. The fourth-order valence-corrected chi connectivity index (χ4v) is 6.45. The molecular formula is C26H23BrN2O3. The van der Waals surface area contributed by atoms with Crippen molar-refractivity contribution in [2.45, 2.75) is 18.9 Å². The van der Waals surface area contributed by atoms with Crippen molar-refractivity contribution in [2.24, 2.45) is 35.5 Å². The highest BCUT2D eigenvalue weighted by Gasteiger charge is 2.67. The van der Waals surface area contributed by atoms with E-state index in [1.807, 2.05) is 42.5 Å². The number of benzene rings is 2. The molecule has 3 fully saturated rings. The van der Waals surface area contributed by atoms with Gasteiger partial charge >= 0.3 is 0 Å². The number of carbonyl (C=O) groups excluding carboxylic acids is 3. The third-order valence-corrected chi connectivity index (χ3v) is 8.22. The predicted molar refractivity (Wildman–Crippen MR) is 123 cm³/mol. The van der Waals surface area contributed by atoms with Gasteiger partial charge in [-0.15, -0.1) is 0 Å². The SMILES string of the molecule is O=C(Nc1ccc(Br)cc1)[C@H](Cc1ccccc1)N1C(=O)[C@@H]2[C@@H]3C=C[C@H]([C@H]4C[C@H]34)[C@@H]2C1=O. The van der Waals surface area contributed by atoms with Gasteiger partial charge in [0.25, 0.3) is 0 Å². The summed E-state index contributed by atoms with van der Waals surface area (Å²) in [6, 6.07) is 16.0. The topological polar surface area (TPSA) is 66.5 Å². The zero-order valence-electron chi connectivity index (χ0n) is 17.4. The van der Waals surface area contributed by atoms with E-state index < -0.39 is 6.04 Å². The van der Waals surface area contributed by atoms with E-state index in [9.17, 15) is 14.4 Å². The summed E-state index contributed by atoms with van der Waals surface area (Å²) in [6.07, 6.45) is 5.73. The highest BCUT2D eigenvalue weighted by molar-refractivity contribution is 9.10. The van der Waals surface area contributed by atoms with Crippen molar-refractivity contribution in [3.63, 3.8) is 0 Å². The van der Waals surface area contributed by atoms with Gasteiger partial charge in [0.05, 0.1) is 11.8 Å². The summed E-state index contributed by atoms with van der Waals surface area (Å²) in [7, 11) is 0. The Balaban J connectivity index is 1.33. The standard InChI is InChI=1S/C26H23BrN2O3/c27-15-6-8-16(9-7-15)28-24(30)21(12-14-4-2-1-3-5-14)29-25(31)22-17-10-11-18(20-13-19(17)20)23(22)26(29)32/h1-11,17-23H,12-13H2,(H,28,30)/t17-,18-,19-,20-,21+,22-,23+/m1/s1. The molecule has 1 heterocycles. The molecule has 7 atom stereocenters. The van der Waals surface area contributed by atoms with Gasteiger partial charge in [0.15, 0.2) is 0 Å². The van der Waals surface area contributed by atoms with Crippen LogP contribution >= 0.6 is 15.9 Å². The smallest absolute Gasteiger partial charge is 0.248 e. The molecule has 2 aromatic rings. The van der Waals surface area contributed by atoms with Crippen LogP contribution in [-0.2, 0) is 20.8 Å². The monoisotopic (exact) mass is 490 g/mol. The van der Waals surface area contributed by atoms with Crippen LogP contribution in [0.1, 0.15) is 12.0 Å². The average Bonchev–Trinajstić information content (AvgIpc) is 3.58. The van der Waals surface area contributed by atoms with Gasteiger partial charge in [-0.05, 0) is 59.9 Å². The van der Waals surface area contributed by atoms with Crippen LogP contribution < -0.4 is 5.32 Å². The first-order valence-electron chi connectivity index (χ1n) is 11.2. The molecule has 7 rings (SSSR count). The summed E-state index contributed by atoms with van der Waals surface area (Å²) in [5, 5.41) is 2.92. The molecule has 0 spiro atoms. The van der Waals surface area contributed by atoms with Gasteiger partial charge < -0.3 is 5.32 Å². The third kappa shape index (κ3) is 3.07. The number of nitrogens with one attached hydrogen (secondary N) is 1. The van der Waals surface area contributed by atoms with Crippen LogP contribution in [0, 0.1) is 35.5 Å². The van der Waals surface area contributed by atoms with E-state index >= 15 is 0 Å². The number of carbonyl (C=O) groups is 3. The summed E-state index contributed by atoms with van der Waals surface area (Å²) >= 11 is 3.40. The van der Waals surface area contributed by atoms with E-state index in [1.54, 1.807) is 12.1 Å². The number of halogens is 1. The number of hydrogen-bond acceptors (Lipinski definition) is 3. The Bertz CT molecular complexity index is 1090. The van der Waals surface area contributed by atoms with Crippen molar-refractivity contribution in [3.8, 4) is 0 Å². The number of imide groups is 1. The maximum atomic E-state index is 13.6. The Morgan fingerprint density at radius 3 is 2.12 bits per heavy atom. The largest absolute Gasteiger partial charge is 0.324 e. The Morgan fingerprint density at radius 1 is 0.938 bits per heavy atom. The number of hydrogen-bond donors (Lipinski definition) is 1. The summed E-state index contributed by atoms with van der Waals surface area (Å²) in [5.41, 5.74) is 1.55. The van der Waals surface area contributed by atoms with Gasteiger partial charge in [0.1, 0.15) is 6.04 Å². The average molecular weight is 491 g/mol. The Morgan fingerprint density at radius 2 is 1.53 bits per heavy atom. The van der Waals surface area contributed by atoms with E-state index in [1.165, 1.54) is 4.90 Å². The molecule has 2 saturated carbocycles. The molecule has 2 bridgehead atoms. The molecule has 0 unspecified atom stereocenters. The molecule has 4 aliphatic carbocycles. The Labute approximate surface area is 195 Å². The number of nitrogens with zero attached hydrogens (tertiary/aromatic N) is 1. The second-order valence-electron chi connectivity index (χ2n) is 9.40. The fourth-order valence-electron chi connectivity index (χ4n) is 6.18. The lowest BCUT2D eigenvalue weighted by atomic mass is 9.63. The molecule has 5 aliphatic rings. The summed E-state index contributed by atoms with van der Waals surface area (Å²) in [5.74, 6) is 0.0705. The van der Waals surface area contributed by atoms with Crippen molar-refractivity contribution < 1.29 is 14.4 Å². The van der Waals surface area contributed by atoms with Gasteiger partial charge in [0.2, 0.25) is 17.7 Å². The van der Waals surface area contributed by atoms with Crippen LogP contribution in [0.25, 0.3) is 0 Å². The first kappa shape index (κ1) is 19.9. The van der Waals surface area contributed by atoms with Crippen LogP contribution in [0.4, 0.5) is 5.69 Å². The molecule has 32 heavy (non-hydrogen) atoms. The second-order valence-corrected chi connectivity index (χ2v) is 10.3. The van der Waals surface area contributed by atoms with Crippen LogP contribution in [0.2, 0.25) is 0 Å². The summed E-state index contributed by atoms with van der Waals surface area (Å²) < 4.78 is 0.909. The maximum absolute atomic E-state index is 13.6. The van der Waals surface area contributed by atoms with Crippen LogP contribution in [0.3, 0.4) is 0 Å². The third-order valence-electron chi connectivity index (χ3n) is 7.69. The Hall–Kier alpha value is -2.73. The number of anilines is 1. The predicted octanol–water partition coefficient (Wildman–Crippen LogP) is 4.05. The first-order valence-corrected chi connectivity index (χ1v) is 12.0. The van der Waals surface area contributed by atoms with E-state index in [0.29, 0.717) is 23.9 Å². The highest BCUT2D eigenvalue weighted by atomic mass is 79.9. The lowest BCUT2D eigenvalue weighted by molar-refractivity contribution is -0.146. The van der Waals surface area contributed by atoms with E-state index in [-0.39, 0.29) is 41.4 Å². The molecule has 1 aliphatic heterocycles. The lowest BCUT2D eigenvalue weighted by Crippen LogP contribution is -2.49. The quantitative estimate of drug-likeness (QED) is 0.507. The molecule has 5 nitrogen and oxygen atoms in total. The van der Waals surface area contributed by atoms with E-state index in [0.717, 1.165) is 16.5 Å². The first-order chi connectivity index (χ1) is 15.5. The van der Waals surface area contributed by atoms with Crippen molar-refractivity contribution in [3.05, 3.63) is 76.8 Å². The van der Waals surface area contributed by atoms with Crippen molar-refractivity contribution in [2.75, 3.05) is 5.32 Å². The molecule has 6 heteroatoms. The highest BCUT2D eigenvalue weighted by Crippen LogP contribution is 2.65. The minimum absolute atomic E-state index is 0.142.